The summed E-state index contributed by atoms with van der Waals surface area (Å²) in [6, 6.07) is 4.37. The molecular formula is C10H8ClNO4S. The van der Waals surface area contributed by atoms with E-state index in [0.29, 0.717) is 5.02 Å². The van der Waals surface area contributed by atoms with Gasteiger partial charge in [0, 0.05) is 16.7 Å². The molecule has 0 bridgehead atoms. The maximum atomic E-state index is 11.6. The predicted octanol–water partition coefficient (Wildman–Crippen LogP) is 1.29. The van der Waals surface area contributed by atoms with Gasteiger partial charge in [0.15, 0.2) is 14.7 Å². The number of aromatic amines is 1. The first-order chi connectivity index (χ1) is 7.80. The van der Waals surface area contributed by atoms with Gasteiger partial charge >= 0.3 is 0 Å². The number of rotatable bonds is 1. The number of sulfone groups is 1. The van der Waals surface area contributed by atoms with Crippen LogP contribution < -0.4 is 5.56 Å². The molecule has 1 aromatic carbocycles. The Morgan fingerprint density at radius 1 is 1.35 bits per heavy atom. The summed E-state index contributed by atoms with van der Waals surface area (Å²) in [4.78, 5) is 13.3. The van der Waals surface area contributed by atoms with Crippen LogP contribution in [0.1, 0.15) is 0 Å². The molecule has 2 rings (SSSR count). The van der Waals surface area contributed by atoms with Gasteiger partial charge in [0.05, 0.1) is 5.52 Å². The number of nitrogens with one attached hydrogen (secondary N) is 1. The van der Waals surface area contributed by atoms with Crippen LogP contribution in [0.3, 0.4) is 0 Å². The molecule has 0 radical (unpaired) electrons. The van der Waals surface area contributed by atoms with Crippen molar-refractivity contribution < 1.29 is 13.5 Å². The highest BCUT2D eigenvalue weighted by Crippen LogP contribution is 2.29. The maximum Gasteiger partial charge on any atom is 0.271 e. The lowest BCUT2D eigenvalue weighted by Gasteiger charge is -2.05. The van der Waals surface area contributed by atoms with E-state index >= 15 is 0 Å². The minimum atomic E-state index is -3.79. The van der Waals surface area contributed by atoms with Gasteiger partial charge in [-0.15, -0.1) is 0 Å². The van der Waals surface area contributed by atoms with Gasteiger partial charge in [-0.25, -0.2) is 8.42 Å². The second kappa shape index (κ2) is 3.75. The second-order valence-electron chi connectivity index (χ2n) is 3.59. The number of benzene rings is 1. The minimum Gasteiger partial charge on any atom is -0.506 e. The highest BCUT2D eigenvalue weighted by molar-refractivity contribution is 7.90. The number of hydrogen-bond acceptors (Lipinski definition) is 4. The summed E-state index contributed by atoms with van der Waals surface area (Å²) in [5, 5.41) is 10.4. The van der Waals surface area contributed by atoms with Crippen molar-refractivity contribution in [3.8, 4) is 5.75 Å². The Hall–Kier alpha value is -1.53. The molecule has 0 saturated heterocycles. The lowest BCUT2D eigenvalue weighted by Crippen LogP contribution is -2.16. The van der Waals surface area contributed by atoms with Crippen molar-refractivity contribution in [2.24, 2.45) is 0 Å². The molecule has 0 fully saturated rings. The zero-order valence-corrected chi connectivity index (χ0v) is 10.3. The van der Waals surface area contributed by atoms with Crippen molar-refractivity contribution >= 4 is 32.3 Å². The lowest BCUT2D eigenvalue weighted by molar-refractivity contribution is 0.463. The molecule has 0 saturated carbocycles. The van der Waals surface area contributed by atoms with E-state index in [1.807, 2.05) is 0 Å². The fourth-order valence-corrected chi connectivity index (χ4v) is 2.60. The zero-order valence-electron chi connectivity index (χ0n) is 8.69. The number of aromatic hydroxyl groups is 1. The Bertz CT molecular complexity index is 764. The molecule has 1 heterocycles. The van der Waals surface area contributed by atoms with Crippen LogP contribution in [-0.4, -0.2) is 24.8 Å². The summed E-state index contributed by atoms with van der Waals surface area (Å²) in [5.41, 5.74) is -0.577. The number of hydrogen-bond donors (Lipinski definition) is 2. The molecular weight excluding hydrogens is 266 g/mol. The normalized spacial score (nSPS) is 11.9. The summed E-state index contributed by atoms with van der Waals surface area (Å²) >= 11 is 5.73. The number of fused-ring (bicyclic) bond motifs is 1. The summed E-state index contributed by atoms with van der Waals surface area (Å²) in [6.07, 6.45) is 0.860. The molecule has 0 unspecified atom stereocenters. The van der Waals surface area contributed by atoms with E-state index < -0.39 is 26.0 Å². The van der Waals surface area contributed by atoms with Gasteiger partial charge in [-0.05, 0) is 18.2 Å². The third kappa shape index (κ3) is 2.01. The summed E-state index contributed by atoms with van der Waals surface area (Å²) in [5.74, 6) is -0.553. The first-order valence-corrected chi connectivity index (χ1v) is 6.82. The van der Waals surface area contributed by atoms with Crippen LogP contribution >= 0.6 is 11.6 Å². The fraction of sp³-hybridized carbons (Fsp3) is 0.100. The highest BCUT2D eigenvalue weighted by atomic mass is 35.5. The van der Waals surface area contributed by atoms with Crippen molar-refractivity contribution in [1.29, 1.82) is 0 Å². The summed E-state index contributed by atoms with van der Waals surface area (Å²) in [6.45, 7) is 0. The average molecular weight is 274 g/mol. The lowest BCUT2D eigenvalue weighted by atomic mass is 10.2. The Morgan fingerprint density at radius 2 is 2.00 bits per heavy atom. The smallest absolute Gasteiger partial charge is 0.271 e. The Kier molecular flexibility index (Phi) is 2.63. The highest BCUT2D eigenvalue weighted by Gasteiger charge is 2.20. The number of halogens is 1. The quantitative estimate of drug-likeness (QED) is 0.820. The number of H-pyrrole nitrogens is 1. The van der Waals surface area contributed by atoms with E-state index in [9.17, 15) is 18.3 Å². The van der Waals surface area contributed by atoms with E-state index in [4.69, 9.17) is 11.6 Å². The second-order valence-corrected chi connectivity index (χ2v) is 5.98. The Balaban J connectivity index is 3.01. The van der Waals surface area contributed by atoms with Gasteiger partial charge in [0.2, 0.25) is 0 Å². The van der Waals surface area contributed by atoms with Crippen molar-refractivity contribution in [3.05, 3.63) is 33.6 Å². The maximum absolute atomic E-state index is 11.6. The Labute approximate surface area is 102 Å². The molecule has 2 N–H and O–H groups in total. The van der Waals surface area contributed by atoms with Gasteiger partial charge in [0.1, 0.15) is 5.75 Å². The van der Waals surface area contributed by atoms with Gasteiger partial charge < -0.3 is 10.1 Å². The van der Waals surface area contributed by atoms with E-state index in [2.05, 4.69) is 4.98 Å². The molecule has 0 aliphatic rings. The molecule has 1 aromatic heterocycles. The predicted molar refractivity (Wildman–Crippen MR) is 64.4 cm³/mol. The van der Waals surface area contributed by atoms with Gasteiger partial charge in [-0.2, -0.15) is 0 Å². The van der Waals surface area contributed by atoms with Crippen LogP contribution in [0.4, 0.5) is 0 Å². The van der Waals surface area contributed by atoms with E-state index in [0.717, 1.165) is 6.26 Å². The molecule has 90 valence electrons. The first-order valence-electron chi connectivity index (χ1n) is 4.55. The van der Waals surface area contributed by atoms with Crippen LogP contribution in [0.25, 0.3) is 10.9 Å². The molecule has 17 heavy (non-hydrogen) atoms. The molecule has 0 spiro atoms. The average Bonchev–Trinajstić information content (AvgIpc) is 2.13. The molecule has 7 heteroatoms. The van der Waals surface area contributed by atoms with Crippen LogP contribution in [0.2, 0.25) is 5.02 Å². The van der Waals surface area contributed by atoms with Gasteiger partial charge in [-0.3, -0.25) is 4.79 Å². The number of pyridine rings is 1. The third-order valence-electron chi connectivity index (χ3n) is 2.28. The molecule has 0 atom stereocenters. The molecule has 0 aliphatic heterocycles. The van der Waals surface area contributed by atoms with Gasteiger partial charge in [-0.1, -0.05) is 11.6 Å². The summed E-state index contributed by atoms with van der Waals surface area (Å²) < 4.78 is 22.8. The minimum absolute atomic E-state index is 0.231. The Morgan fingerprint density at radius 3 is 2.59 bits per heavy atom. The molecule has 5 nitrogen and oxygen atoms in total. The SMILES string of the molecule is CS(=O)(=O)c1c(O)c2ccc(Cl)cc2[nH]c1=O. The third-order valence-corrected chi connectivity index (χ3v) is 3.63. The molecule has 2 aromatic rings. The fourth-order valence-electron chi connectivity index (χ4n) is 1.58. The van der Waals surface area contributed by atoms with E-state index in [-0.39, 0.29) is 10.9 Å². The van der Waals surface area contributed by atoms with Gasteiger partial charge in [0.25, 0.3) is 5.56 Å². The van der Waals surface area contributed by atoms with Crippen LogP contribution in [0, 0.1) is 0 Å². The van der Waals surface area contributed by atoms with Crippen molar-refractivity contribution in [2.45, 2.75) is 4.90 Å². The van der Waals surface area contributed by atoms with Crippen LogP contribution in [0.15, 0.2) is 27.9 Å². The zero-order chi connectivity index (χ0) is 12.8. The summed E-state index contributed by atoms with van der Waals surface area (Å²) in [7, 11) is -3.79. The van der Waals surface area contributed by atoms with Crippen molar-refractivity contribution in [1.82, 2.24) is 4.98 Å². The topological polar surface area (TPSA) is 87.2 Å². The van der Waals surface area contributed by atoms with E-state index in [1.165, 1.54) is 18.2 Å². The monoisotopic (exact) mass is 273 g/mol. The largest absolute Gasteiger partial charge is 0.506 e. The van der Waals surface area contributed by atoms with Crippen LogP contribution in [0.5, 0.6) is 5.75 Å². The molecule has 0 aliphatic carbocycles. The standard InChI is InChI=1S/C10H8ClNO4S/c1-17(15,16)9-8(13)6-3-2-5(11)4-7(6)12-10(9)14/h2-4H,1H3,(H2,12,13,14). The first kappa shape index (κ1) is 11.9. The van der Waals surface area contributed by atoms with Crippen LogP contribution in [-0.2, 0) is 9.84 Å². The van der Waals surface area contributed by atoms with Crippen molar-refractivity contribution in [2.75, 3.05) is 6.26 Å². The van der Waals surface area contributed by atoms with E-state index in [1.54, 1.807) is 0 Å². The number of aromatic nitrogens is 1. The molecule has 0 amide bonds. The van der Waals surface area contributed by atoms with Crippen molar-refractivity contribution in [3.63, 3.8) is 0 Å².